The van der Waals surface area contributed by atoms with Crippen molar-refractivity contribution < 1.29 is 19.8 Å². The van der Waals surface area contributed by atoms with E-state index < -0.39 is 11.9 Å². The number of halogens is 2. The van der Waals surface area contributed by atoms with Crippen molar-refractivity contribution in [3.63, 3.8) is 0 Å². The largest absolute Gasteiger partial charge is 0.481 e. The standard InChI is InChI=1S/C40H34Cl2O4S7/c1-3-5-21-17-31(50-37(21)27-11-14-30(48-27)40-24(8-16-36(45)46)20-34(42)53-40)25-9-10-26(47-25)32-18-23(7-15-35(43)44)38(51-32)28-12-13-29(49-28)39-22(6-4-2)19-33(41)52-39/h9-14,17-20H,3-8,15-16H2,1-2H3,(H,43,44)(H,45,46). The Morgan fingerprint density at radius 2 is 0.774 bits per heavy atom. The van der Waals surface area contributed by atoms with Gasteiger partial charge in [-0.15, -0.1) is 79.4 Å². The van der Waals surface area contributed by atoms with E-state index >= 15 is 0 Å². The summed E-state index contributed by atoms with van der Waals surface area (Å²) in [4.78, 5) is 37.1. The summed E-state index contributed by atoms with van der Waals surface area (Å²) in [5.74, 6) is -1.60. The highest BCUT2D eigenvalue weighted by atomic mass is 35.5. The molecule has 2 N–H and O–H groups in total. The number of hydrogen-bond donors (Lipinski definition) is 2. The van der Waals surface area contributed by atoms with Crippen LogP contribution in [-0.4, -0.2) is 22.2 Å². The van der Waals surface area contributed by atoms with Gasteiger partial charge in [-0.25, -0.2) is 0 Å². The van der Waals surface area contributed by atoms with Crippen molar-refractivity contribution in [2.45, 2.75) is 65.2 Å². The Bertz CT molecular complexity index is 2390. The Hall–Kier alpha value is -2.58. The highest BCUT2D eigenvalue weighted by Gasteiger charge is 2.21. The number of carboxylic acids is 2. The van der Waals surface area contributed by atoms with E-state index in [1.54, 1.807) is 56.7 Å². The van der Waals surface area contributed by atoms with Gasteiger partial charge >= 0.3 is 11.9 Å². The molecular weight excluding hydrogens is 840 g/mol. The molecule has 53 heavy (non-hydrogen) atoms. The summed E-state index contributed by atoms with van der Waals surface area (Å²) >= 11 is 24.8. The van der Waals surface area contributed by atoms with Crippen molar-refractivity contribution in [3.8, 4) is 58.5 Å². The molecule has 274 valence electrons. The molecule has 0 saturated heterocycles. The first-order chi connectivity index (χ1) is 25.6. The van der Waals surface area contributed by atoms with Crippen molar-refractivity contribution in [1.82, 2.24) is 0 Å². The second-order valence-electron chi connectivity index (χ2n) is 12.5. The van der Waals surface area contributed by atoms with Crippen LogP contribution in [0.3, 0.4) is 0 Å². The average Bonchev–Trinajstić information content (AvgIpc) is 3.95. The molecule has 0 radical (unpaired) electrons. The molecule has 7 aromatic heterocycles. The van der Waals surface area contributed by atoms with Crippen LogP contribution in [0.1, 0.15) is 61.8 Å². The second kappa shape index (κ2) is 17.1. The number of carboxylic acid groups (broad SMARTS) is 2. The zero-order valence-corrected chi connectivity index (χ0v) is 36.0. The van der Waals surface area contributed by atoms with Crippen LogP contribution in [0.4, 0.5) is 0 Å². The minimum Gasteiger partial charge on any atom is -0.481 e. The molecule has 0 saturated carbocycles. The highest BCUT2D eigenvalue weighted by Crippen LogP contribution is 2.50. The van der Waals surface area contributed by atoms with Gasteiger partial charge in [0, 0.05) is 71.4 Å². The maximum absolute atomic E-state index is 11.6. The summed E-state index contributed by atoms with van der Waals surface area (Å²) in [6.45, 7) is 4.39. The van der Waals surface area contributed by atoms with E-state index in [0.29, 0.717) is 17.2 Å². The fourth-order valence-corrected chi connectivity index (χ4v) is 15.0. The van der Waals surface area contributed by atoms with Crippen LogP contribution >= 0.6 is 103 Å². The first-order valence-electron chi connectivity index (χ1n) is 17.2. The molecule has 7 rings (SSSR count). The van der Waals surface area contributed by atoms with E-state index in [2.05, 4.69) is 68.4 Å². The number of hydrogen-bond acceptors (Lipinski definition) is 9. The number of rotatable bonds is 16. The maximum Gasteiger partial charge on any atom is 0.303 e. The predicted molar refractivity (Wildman–Crippen MR) is 234 cm³/mol. The first-order valence-corrected chi connectivity index (χ1v) is 23.6. The number of carbonyl (C=O) groups is 2. The molecule has 0 aliphatic carbocycles. The van der Waals surface area contributed by atoms with Gasteiger partial charge in [-0.2, -0.15) is 0 Å². The summed E-state index contributed by atoms with van der Waals surface area (Å²) in [5.41, 5.74) is 4.68. The Balaban J connectivity index is 1.18. The Morgan fingerprint density at radius 3 is 1.17 bits per heavy atom. The Morgan fingerprint density at radius 1 is 0.453 bits per heavy atom. The molecule has 0 aliphatic heterocycles. The third-order valence-corrected chi connectivity index (χ3v) is 18.0. The fourth-order valence-electron chi connectivity index (χ4n) is 6.26. The molecular formula is C40H34Cl2O4S7. The average molecular weight is 874 g/mol. The van der Waals surface area contributed by atoms with E-state index in [1.807, 2.05) is 17.4 Å². The summed E-state index contributed by atoms with van der Waals surface area (Å²) in [7, 11) is 0. The lowest BCUT2D eigenvalue weighted by Crippen LogP contribution is -1.97. The lowest BCUT2D eigenvalue weighted by Gasteiger charge is -2.00. The van der Waals surface area contributed by atoms with Gasteiger partial charge in [-0.1, -0.05) is 49.9 Å². The molecule has 0 aromatic carbocycles. The van der Waals surface area contributed by atoms with E-state index in [0.717, 1.165) is 65.5 Å². The lowest BCUT2D eigenvalue weighted by molar-refractivity contribution is -0.138. The van der Waals surface area contributed by atoms with Gasteiger partial charge in [-0.3, -0.25) is 9.59 Å². The third-order valence-electron chi connectivity index (χ3n) is 8.63. The molecule has 0 aliphatic rings. The van der Waals surface area contributed by atoms with Gasteiger partial charge in [0.2, 0.25) is 0 Å². The minimum atomic E-state index is -0.812. The fraction of sp³-hybridized carbons (Fsp3) is 0.250. The summed E-state index contributed by atoms with van der Waals surface area (Å²) < 4.78 is 1.48. The van der Waals surface area contributed by atoms with Gasteiger partial charge in [0.25, 0.3) is 0 Å². The molecule has 7 heterocycles. The summed E-state index contributed by atoms with van der Waals surface area (Å²) in [6.07, 6.45) is 5.16. The zero-order valence-electron chi connectivity index (χ0n) is 28.8. The van der Waals surface area contributed by atoms with Crippen molar-refractivity contribution in [1.29, 1.82) is 0 Å². The van der Waals surface area contributed by atoms with E-state index in [1.165, 1.54) is 56.6 Å². The quantitative estimate of drug-likeness (QED) is 0.101. The molecule has 0 fully saturated rings. The van der Waals surface area contributed by atoms with Crippen molar-refractivity contribution in [3.05, 3.63) is 91.6 Å². The van der Waals surface area contributed by atoms with Gasteiger partial charge in [0.15, 0.2) is 0 Å². The van der Waals surface area contributed by atoms with Crippen LogP contribution in [0.25, 0.3) is 58.5 Å². The number of aryl methyl sites for hydroxylation is 4. The number of thiophene rings is 7. The van der Waals surface area contributed by atoms with Crippen LogP contribution in [0.15, 0.2) is 60.7 Å². The van der Waals surface area contributed by atoms with Gasteiger partial charge in [0.05, 0.1) is 8.67 Å². The topological polar surface area (TPSA) is 74.6 Å². The lowest BCUT2D eigenvalue weighted by atomic mass is 10.1. The normalized spacial score (nSPS) is 11.5. The van der Waals surface area contributed by atoms with Crippen LogP contribution in [-0.2, 0) is 35.3 Å². The van der Waals surface area contributed by atoms with E-state index in [-0.39, 0.29) is 12.8 Å². The zero-order chi connectivity index (χ0) is 37.2. The molecule has 7 aromatic rings. The monoisotopic (exact) mass is 872 g/mol. The molecule has 13 heteroatoms. The number of aliphatic carboxylic acids is 2. The molecule has 0 atom stereocenters. The van der Waals surface area contributed by atoms with Crippen LogP contribution < -0.4 is 0 Å². The van der Waals surface area contributed by atoms with Crippen molar-refractivity contribution in [2.24, 2.45) is 0 Å². The summed E-state index contributed by atoms with van der Waals surface area (Å²) in [6, 6.07) is 21.6. The van der Waals surface area contributed by atoms with Crippen LogP contribution in [0.5, 0.6) is 0 Å². The summed E-state index contributed by atoms with van der Waals surface area (Å²) in [5, 5.41) is 18.8. The smallest absolute Gasteiger partial charge is 0.303 e. The van der Waals surface area contributed by atoms with E-state index in [9.17, 15) is 19.8 Å². The third kappa shape index (κ3) is 8.79. The van der Waals surface area contributed by atoms with Gasteiger partial charge in [-0.05, 0) is 109 Å². The highest BCUT2D eigenvalue weighted by molar-refractivity contribution is 7.31. The van der Waals surface area contributed by atoms with Crippen LogP contribution in [0.2, 0.25) is 8.67 Å². The molecule has 0 spiro atoms. The Labute approximate surface area is 346 Å². The first kappa shape index (κ1) is 38.7. The molecule has 0 unspecified atom stereocenters. The van der Waals surface area contributed by atoms with Crippen molar-refractivity contribution in [2.75, 3.05) is 0 Å². The SMILES string of the molecule is CCCc1cc(Cl)sc1-c1ccc(-c2sc(-c3ccc(-c4cc(CCC)c(-c5ccc(-c6sc(Cl)cc6CCC(=O)O)s5)s4)s3)cc2CCC(=O)O)s1. The van der Waals surface area contributed by atoms with Gasteiger partial charge in [0.1, 0.15) is 0 Å². The second-order valence-corrected chi connectivity index (χ2v) is 21.2. The predicted octanol–water partition coefficient (Wildman–Crippen LogP) is 15.4. The van der Waals surface area contributed by atoms with E-state index in [4.69, 9.17) is 23.2 Å². The Kier molecular flexibility index (Phi) is 12.4. The minimum absolute atomic E-state index is 0.0760. The molecule has 0 bridgehead atoms. The molecule has 4 nitrogen and oxygen atoms in total. The molecule has 0 amide bonds. The van der Waals surface area contributed by atoms with Crippen LogP contribution in [0, 0.1) is 0 Å². The van der Waals surface area contributed by atoms with Gasteiger partial charge < -0.3 is 10.2 Å². The maximum atomic E-state index is 11.6. The van der Waals surface area contributed by atoms with Crippen molar-refractivity contribution >= 4 is 114 Å².